The third kappa shape index (κ3) is 5.19. The lowest BCUT2D eigenvalue weighted by molar-refractivity contribution is -0.120. The number of aromatic nitrogens is 2. The highest BCUT2D eigenvalue weighted by Gasteiger charge is 2.20. The minimum absolute atomic E-state index is 0.0825. The fourth-order valence-electron chi connectivity index (χ4n) is 2.76. The number of hydrogen-bond acceptors (Lipinski definition) is 5. The topological polar surface area (TPSA) is 68.0 Å². The molecule has 0 aliphatic carbocycles. The first kappa shape index (κ1) is 20.1. The van der Waals surface area contributed by atoms with Crippen molar-refractivity contribution in [2.24, 2.45) is 0 Å². The molecule has 0 saturated heterocycles. The van der Waals surface area contributed by atoms with E-state index in [0.717, 1.165) is 6.42 Å². The number of rotatable bonds is 8. The molecule has 0 bridgehead atoms. The van der Waals surface area contributed by atoms with Crippen molar-refractivity contribution in [1.82, 2.24) is 15.5 Å². The van der Waals surface area contributed by atoms with Gasteiger partial charge in [-0.05, 0) is 43.2 Å². The Morgan fingerprint density at radius 1 is 1.14 bits per heavy atom. The van der Waals surface area contributed by atoms with E-state index in [1.165, 1.54) is 29.5 Å². The van der Waals surface area contributed by atoms with Gasteiger partial charge in [0.25, 0.3) is 5.22 Å². The summed E-state index contributed by atoms with van der Waals surface area (Å²) in [5.41, 5.74) is 1.85. The van der Waals surface area contributed by atoms with Crippen LogP contribution in [0.1, 0.15) is 31.7 Å². The van der Waals surface area contributed by atoms with Gasteiger partial charge >= 0.3 is 0 Å². The summed E-state index contributed by atoms with van der Waals surface area (Å²) in [5.74, 6) is 0.158. The summed E-state index contributed by atoms with van der Waals surface area (Å²) < 4.78 is 18.6. The van der Waals surface area contributed by atoms with E-state index in [1.54, 1.807) is 19.1 Å². The van der Waals surface area contributed by atoms with Gasteiger partial charge in [-0.3, -0.25) is 4.79 Å². The van der Waals surface area contributed by atoms with Crippen molar-refractivity contribution >= 4 is 17.7 Å². The number of nitrogens with zero attached hydrogens (tertiary/aromatic N) is 2. The third-order valence-electron chi connectivity index (χ3n) is 4.43. The molecule has 1 heterocycles. The molecule has 0 aliphatic rings. The molecule has 0 aliphatic heterocycles. The van der Waals surface area contributed by atoms with Gasteiger partial charge in [0.1, 0.15) is 5.82 Å². The lowest BCUT2D eigenvalue weighted by Crippen LogP contribution is -2.34. The fraction of sp³-hybridized carbons (Fsp3) is 0.286. The SMILES string of the molecule is CC[C@H](CNC(=O)[C@@H](C)Sc1nnc(-c2ccc(F)cc2)o1)c1ccccc1. The molecule has 7 heteroatoms. The first-order chi connectivity index (χ1) is 13.6. The van der Waals surface area contributed by atoms with Crippen LogP contribution < -0.4 is 5.32 Å². The normalized spacial score (nSPS) is 13.1. The molecular weight excluding hydrogens is 377 g/mol. The predicted molar refractivity (Wildman–Crippen MR) is 107 cm³/mol. The Labute approximate surface area is 167 Å². The largest absolute Gasteiger partial charge is 0.411 e. The fourth-order valence-corrected chi connectivity index (χ4v) is 3.47. The lowest BCUT2D eigenvalue weighted by Gasteiger charge is -2.17. The van der Waals surface area contributed by atoms with Crippen LogP contribution in [0.3, 0.4) is 0 Å². The zero-order valence-electron chi connectivity index (χ0n) is 15.8. The highest BCUT2D eigenvalue weighted by Crippen LogP contribution is 2.26. The van der Waals surface area contributed by atoms with Crippen molar-refractivity contribution in [3.05, 3.63) is 66.0 Å². The van der Waals surface area contributed by atoms with E-state index in [9.17, 15) is 9.18 Å². The van der Waals surface area contributed by atoms with E-state index in [4.69, 9.17) is 4.42 Å². The number of halogens is 1. The number of carbonyl (C=O) groups is 1. The van der Waals surface area contributed by atoms with E-state index < -0.39 is 0 Å². The van der Waals surface area contributed by atoms with E-state index in [0.29, 0.717) is 23.2 Å². The number of nitrogens with one attached hydrogen (secondary N) is 1. The summed E-state index contributed by atoms with van der Waals surface area (Å²) in [6.45, 7) is 4.48. The van der Waals surface area contributed by atoms with Gasteiger partial charge in [0.05, 0.1) is 5.25 Å². The maximum atomic E-state index is 13.0. The molecule has 0 saturated carbocycles. The molecule has 0 unspecified atom stereocenters. The molecule has 2 aromatic carbocycles. The molecule has 1 N–H and O–H groups in total. The number of benzene rings is 2. The average molecular weight is 399 g/mol. The van der Waals surface area contributed by atoms with Gasteiger partial charge in [-0.25, -0.2) is 4.39 Å². The maximum absolute atomic E-state index is 13.0. The summed E-state index contributed by atoms with van der Waals surface area (Å²) in [4.78, 5) is 12.4. The molecule has 0 fully saturated rings. The Kier molecular flexibility index (Phi) is 6.81. The first-order valence-corrected chi connectivity index (χ1v) is 10.0. The van der Waals surface area contributed by atoms with Crippen molar-refractivity contribution in [2.45, 2.75) is 36.7 Å². The highest BCUT2D eigenvalue weighted by atomic mass is 32.2. The smallest absolute Gasteiger partial charge is 0.277 e. The quantitative estimate of drug-likeness (QED) is 0.558. The second kappa shape index (κ2) is 9.50. The van der Waals surface area contributed by atoms with Crippen molar-refractivity contribution in [1.29, 1.82) is 0 Å². The zero-order chi connectivity index (χ0) is 19.9. The van der Waals surface area contributed by atoms with E-state index in [-0.39, 0.29) is 22.9 Å². The maximum Gasteiger partial charge on any atom is 0.277 e. The van der Waals surface area contributed by atoms with Crippen LogP contribution in [-0.2, 0) is 4.79 Å². The summed E-state index contributed by atoms with van der Waals surface area (Å²) >= 11 is 1.20. The molecule has 2 atom stereocenters. The van der Waals surface area contributed by atoms with Gasteiger partial charge in [0, 0.05) is 18.0 Å². The Morgan fingerprint density at radius 2 is 1.86 bits per heavy atom. The van der Waals surface area contributed by atoms with Crippen LogP contribution in [-0.4, -0.2) is 27.9 Å². The van der Waals surface area contributed by atoms with Crippen LogP contribution in [0.5, 0.6) is 0 Å². The number of thioether (sulfide) groups is 1. The zero-order valence-corrected chi connectivity index (χ0v) is 16.6. The molecule has 28 heavy (non-hydrogen) atoms. The van der Waals surface area contributed by atoms with Gasteiger partial charge in [0.2, 0.25) is 11.8 Å². The summed E-state index contributed by atoms with van der Waals surface area (Å²) in [7, 11) is 0. The molecular formula is C21H22FN3O2S. The molecule has 3 rings (SSSR count). The standard InChI is InChI=1S/C21H22FN3O2S/c1-3-15(16-7-5-4-6-8-16)13-23-19(26)14(2)28-21-25-24-20(27-21)17-9-11-18(22)12-10-17/h4-12,14-15H,3,13H2,1-2H3,(H,23,26)/t14-,15-/m1/s1. The Hall–Kier alpha value is -2.67. The highest BCUT2D eigenvalue weighted by molar-refractivity contribution is 8.00. The van der Waals surface area contributed by atoms with Crippen molar-refractivity contribution in [2.75, 3.05) is 6.54 Å². The Balaban J connectivity index is 1.55. The van der Waals surface area contributed by atoms with Gasteiger partial charge < -0.3 is 9.73 Å². The molecule has 0 spiro atoms. The lowest BCUT2D eigenvalue weighted by atomic mass is 9.96. The minimum atomic E-state index is -0.380. The summed E-state index contributed by atoms with van der Waals surface area (Å²) in [5, 5.41) is 10.9. The van der Waals surface area contributed by atoms with Gasteiger partial charge in [0.15, 0.2) is 0 Å². The molecule has 5 nitrogen and oxygen atoms in total. The monoisotopic (exact) mass is 399 g/mol. The van der Waals surface area contributed by atoms with Crippen molar-refractivity contribution in [3.63, 3.8) is 0 Å². The molecule has 146 valence electrons. The number of hydrogen-bond donors (Lipinski definition) is 1. The van der Waals surface area contributed by atoms with Crippen LogP contribution in [0.2, 0.25) is 0 Å². The Bertz CT molecular complexity index is 900. The van der Waals surface area contributed by atoms with Crippen molar-refractivity contribution in [3.8, 4) is 11.5 Å². The number of carbonyl (C=O) groups excluding carboxylic acids is 1. The van der Waals surface area contributed by atoms with Gasteiger partial charge in [-0.15, -0.1) is 10.2 Å². The van der Waals surface area contributed by atoms with Crippen LogP contribution in [0, 0.1) is 5.82 Å². The van der Waals surface area contributed by atoms with Gasteiger partial charge in [-0.1, -0.05) is 49.0 Å². The van der Waals surface area contributed by atoms with E-state index in [1.807, 2.05) is 18.2 Å². The molecule has 3 aromatic rings. The van der Waals surface area contributed by atoms with E-state index >= 15 is 0 Å². The number of amides is 1. The second-order valence-corrected chi connectivity index (χ2v) is 7.69. The van der Waals surface area contributed by atoms with Crippen molar-refractivity contribution < 1.29 is 13.6 Å². The van der Waals surface area contributed by atoms with E-state index in [2.05, 4.69) is 34.6 Å². The van der Waals surface area contributed by atoms with Crippen LogP contribution in [0.15, 0.2) is 64.2 Å². The average Bonchev–Trinajstić information content (AvgIpc) is 3.18. The van der Waals surface area contributed by atoms with Crippen LogP contribution in [0.25, 0.3) is 11.5 Å². The summed E-state index contributed by atoms with van der Waals surface area (Å²) in [6.07, 6.45) is 0.941. The predicted octanol–water partition coefficient (Wildman–Crippen LogP) is 4.67. The summed E-state index contributed by atoms with van der Waals surface area (Å²) in [6, 6.07) is 16.0. The first-order valence-electron chi connectivity index (χ1n) is 9.15. The molecule has 1 amide bonds. The Morgan fingerprint density at radius 3 is 2.54 bits per heavy atom. The molecule has 1 aromatic heterocycles. The van der Waals surface area contributed by atoms with Crippen LogP contribution >= 0.6 is 11.8 Å². The minimum Gasteiger partial charge on any atom is -0.411 e. The van der Waals surface area contributed by atoms with Gasteiger partial charge in [-0.2, -0.15) is 0 Å². The third-order valence-corrected chi connectivity index (χ3v) is 5.37. The van der Waals surface area contributed by atoms with Crippen LogP contribution in [0.4, 0.5) is 4.39 Å². The molecule has 0 radical (unpaired) electrons. The second-order valence-electron chi connectivity index (χ2n) is 6.40.